The van der Waals surface area contributed by atoms with Crippen LogP contribution in [-0.4, -0.2) is 92.5 Å². The van der Waals surface area contributed by atoms with Gasteiger partial charge in [-0.15, -0.1) is 0 Å². The Morgan fingerprint density at radius 3 is 2.28 bits per heavy atom. The number of nitro benzene ring substituents is 1. The maximum absolute atomic E-state index is 13.0. The molecule has 1 atom stereocenters. The van der Waals surface area contributed by atoms with E-state index in [2.05, 4.69) is 5.32 Å². The smallest absolute Gasteiger partial charge is 0.270 e. The van der Waals surface area contributed by atoms with Crippen molar-refractivity contribution in [3.63, 3.8) is 0 Å². The second-order valence-corrected chi connectivity index (χ2v) is 11.2. The molecule has 0 aliphatic carbocycles. The molecule has 1 amide bonds. The number of rotatable bonds is 15. The number of benzene rings is 1. The molecule has 1 aliphatic rings. The molecule has 0 radical (unpaired) electrons. The van der Waals surface area contributed by atoms with Crippen LogP contribution in [0.25, 0.3) is 0 Å². The molecule has 1 unspecified atom stereocenters. The minimum absolute atomic E-state index is 0.0724. The predicted molar refractivity (Wildman–Crippen MR) is 129 cm³/mol. The molecule has 14 nitrogen and oxygen atoms in total. The highest BCUT2D eigenvalue weighted by Gasteiger charge is 2.22. The average Bonchev–Trinajstić information content (AvgIpc) is 2.79. The lowest BCUT2D eigenvalue weighted by Gasteiger charge is -2.26. The van der Waals surface area contributed by atoms with Gasteiger partial charge in [-0.25, -0.2) is 0 Å². The van der Waals surface area contributed by atoms with Gasteiger partial charge in [0.2, 0.25) is 0 Å². The lowest BCUT2D eigenvalue weighted by molar-refractivity contribution is -0.384. The van der Waals surface area contributed by atoms with E-state index in [1.165, 1.54) is 17.0 Å². The molecular weight excluding hydrogens is 522 g/mol. The number of carbonyl (C=O) groups is 1. The Labute approximate surface area is 210 Å². The maximum Gasteiger partial charge on any atom is 0.270 e. The summed E-state index contributed by atoms with van der Waals surface area (Å²) in [4.78, 5) is 25.1. The maximum atomic E-state index is 13.0. The fraction of sp³-hybridized carbons (Fsp3) is 0.650. The van der Waals surface area contributed by atoms with Gasteiger partial charge in [0, 0.05) is 38.4 Å². The summed E-state index contributed by atoms with van der Waals surface area (Å²) < 4.78 is 65.9. The van der Waals surface area contributed by atoms with Crippen LogP contribution < -0.4 is 10.2 Å². The molecule has 36 heavy (non-hydrogen) atoms. The van der Waals surface area contributed by atoms with Crippen molar-refractivity contribution in [2.75, 3.05) is 63.5 Å². The van der Waals surface area contributed by atoms with Crippen LogP contribution in [0.15, 0.2) is 18.2 Å². The summed E-state index contributed by atoms with van der Waals surface area (Å²) in [5, 5.41) is 13.9. The highest BCUT2D eigenvalue weighted by molar-refractivity contribution is 7.86. The molecule has 0 saturated carbocycles. The number of hydrogen-bond acceptors (Lipinski definition) is 12. The van der Waals surface area contributed by atoms with Crippen molar-refractivity contribution >= 4 is 37.5 Å². The van der Waals surface area contributed by atoms with Crippen LogP contribution in [0.2, 0.25) is 0 Å². The molecule has 204 valence electrons. The van der Waals surface area contributed by atoms with Crippen molar-refractivity contribution in [3.05, 3.63) is 33.9 Å². The summed E-state index contributed by atoms with van der Waals surface area (Å²) >= 11 is 0. The van der Waals surface area contributed by atoms with Gasteiger partial charge in [0.15, 0.2) is 6.29 Å². The SMILES string of the molecule is CS(=O)(=O)OCCN(CCOS(C)(=O)=O)c1ccc([N+](=O)[O-])cc1C(=O)NCCOC1CCCCO1. The zero-order valence-corrected chi connectivity index (χ0v) is 21.7. The first-order valence-electron chi connectivity index (χ1n) is 11.1. The van der Waals surface area contributed by atoms with Crippen LogP contribution in [0.1, 0.15) is 29.6 Å². The summed E-state index contributed by atoms with van der Waals surface area (Å²) in [6.07, 6.45) is 4.10. The van der Waals surface area contributed by atoms with Gasteiger partial charge in [-0.3, -0.25) is 23.3 Å². The van der Waals surface area contributed by atoms with Gasteiger partial charge in [0.25, 0.3) is 31.8 Å². The third kappa shape index (κ3) is 11.1. The second-order valence-electron chi connectivity index (χ2n) is 7.92. The zero-order chi connectivity index (χ0) is 26.8. The van der Waals surface area contributed by atoms with Crippen molar-refractivity contribution in [2.24, 2.45) is 0 Å². The lowest BCUT2D eigenvalue weighted by atomic mass is 10.1. The van der Waals surface area contributed by atoms with Crippen LogP contribution in [0.3, 0.4) is 0 Å². The number of nitrogens with one attached hydrogen (secondary N) is 1. The fourth-order valence-corrected chi connectivity index (χ4v) is 4.09. The molecule has 0 spiro atoms. The number of anilines is 1. The van der Waals surface area contributed by atoms with E-state index in [1.54, 1.807) is 0 Å². The number of non-ortho nitro benzene ring substituents is 1. The van der Waals surface area contributed by atoms with Crippen molar-refractivity contribution in [3.8, 4) is 0 Å². The Balaban J connectivity index is 2.18. The first kappa shape index (κ1) is 29.9. The van der Waals surface area contributed by atoms with Gasteiger partial charge < -0.3 is 19.7 Å². The number of nitrogens with zero attached hydrogens (tertiary/aromatic N) is 2. The fourth-order valence-electron chi connectivity index (χ4n) is 3.34. The van der Waals surface area contributed by atoms with Crippen molar-refractivity contribution in [1.82, 2.24) is 5.32 Å². The minimum Gasteiger partial charge on any atom is -0.366 e. The van der Waals surface area contributed by atoms with E-state index in [1.807, 2.05) is 0 Å². The largest absolute Gasteiger partial charge is 0.366 e. The van der Waals surface area contributed by atoms with Gasteiger partial charge in [-0.05, 0) is 25.3 Å². The van der Waals surface area contributed by atoms with Crippen LogP contribution in [-0.2, 0) is 38.1 Å². The minimum atomic E-state index is -3.76. The lowest BCUT2D eigenvalue weighted by Crippen LogP contribution is -2.35. The Morgan fingerprint density at radius 2 is 1.75 bits per heavy atom. The Hall–Kier alpha value is -2.37. The summed E-state index contributed by atoms with van der Waals surface area (Å²) in [6, 6.07) is 3.58. The van der Waals surface area contributed by atoms with E-state index in [0.717, 1.165) is 37.8 Å². The van der Waals surface area contributed by atoms with E-state index in [4.69, 9.17) is 17.8 Å². The molecule has 1 fully saturated rings. The number of ether oxygens (including phenoxy) is 2. The molecule has 1 aromatic carbocycles. The molecule has 1 N–H and O–H groups in total. The monoisotopic (exact) mass is 553 g/mol. The molecule has 1 aliphatic heterocycles. The third-order valence-corrected chi connectivity index (χ3v) is 6.11. The van der Waals surface area contributed by atoms with Crippen LogP contribution in [0.5, 0.6) is 0 Å². The van der Waals surface area contributed by atoms with Crippen molar-refractivity contribution in [2.45, 2.75) is 25.6 Å². The first-order chi connectivity index (χ1) is 16.9. The summed E-state index contributed by atoms with van der Waals surface area (Å²) in [6.45, 7) is 0.0801. The topological polar surface area (TPSA) is 181 Å². The van der Waals surface area contributed by atoms with Gasteiger partial charge >= 0.3 is 0 Å². The van der Waals surface area contributed by atoms with Gasteiger partial charge in [0.05, 0.1) is 48.5 Å². The zero-order valence-electron chi connectivity index (χ0n) is 20.1. The molecule has 1 saturated heterocycles. The summed E-state index contributed by atoms with van der Waals surface area (Å²) in [7, 11) is -7.52. The van der Waals surface area contributed by atoms with E-state index in [0.29, 0.717) is 6.61 Å². The number of hydrogen-bond donors (Lipinski definition) is 1. The number of carbonyl (C=O) groups excluding carboxylic acids is 1. The number of nitro groups is 1. The van der Waals surface area contributed by atoms with Crippen LogP contribution >= 0.6 is 0 Å². The average molecular weight is 554 g/mol. The van der Waals surface area contributed by atoms with E-state index < -0.39 is 31.1 Å². The Morgan fingerprint density at radius 1 is 1.11 bits per heavy atom. The molecular formula is C20H31N3O11S2. The first-order valence-corrected chi connectivity index (χ1v) is 14.7. The van der Waals surface area contributed by atoms with E-state index in [-0.39, 0.29) is 62.7 Å². The normalized spacial score (nSPS) is 16.4. The number of amides is 1. The predicted octanol–water partition coefficient (Wildman–Crippen LogP) is 0.627. The second kappa shape index (κ2) is 13.8. The van der Waals surface area contributed by atoms with Crippen LogP contribution in [0.4, 0.5) is 11.4 Å². The third-order valence-electron chi connectivity index (χ3n) is 4.92. The standard InChI is InChI=1S/C20H31N3O11S2/c1-35(27,28)33-13-9-22(10-14-34-36(2,29)30)18-7-6-16(23(25)26)15-17(18)20(24)21-8-12-32-19-5-3-4-11-31-19/h6-7,15,19H,3-5,8-14H2,1-2H3,(H,21,24). The van der Waals surface area contributed by atoms with Gasteiger partial charge in [0.1, 0.15) is 0 Å². The van der Waals surface area contributed by atoms with Crippen molar-refractivity contribution in [1.29, 1.82) is 0 Å². The highest BCUT2D eigenvalue weighted by Crippen LogP contribution is 2.26. The molecule has 1 aromatic rings. The Bertz CT molecular complexity index is 1070. The van der Waals surface area contributed by atoms with Gasteiger partial charge in [-0.2, -0.15) is 16.8 Å². The highest BCUT2D eigenvalue weighted by atomic mass is 32.2. The molecule has 0 bridgehead atoms. The quantitative estimate of drug-likeness (QED) is 0.139. The van der Waals surface area contributed by atoms with Gasteiger partial charge in [-0.1, -0.05) is 0 Å². The molecule has 0 aromatic heterocycles. The molecule has 2 rings (SSSR count). The summed E-state index contributed by atoms with van der Waals surface area (Å²) in [5.74, 6) is -0.639. The summed E-state index contributed by atoms with van der Waals surface area (Å²) in [5.41, 5.74) is -0.212. The molecule has 1 heterocycles. The molecule has 16 heteroatoms. The van der Waals surface area contributed by atoms with Crippen LogP contribution in [0, 0.1) is 10.1 Å². The van der Waals surface area contributed by atoms with Crippen molar-refractivity contribution < 1.29 is 44.4 Å². The van der Waals surface area contributed by atoms with E-state index >= 15 is 0 Å². The Kier molecular flexibility index (Phi) is 11.4. The van der Waals surface area contributed by atoms with E-state index in [9.17, 15) is 31.7 Å².